The zero-order valence-corrected chi connectivity index (χ0v) is 22.8. The van der Waals surface area contributed by atoms with E-state index >= 15 is 0 Å². The van der Waals surface area contributed by atoms with Gasteiger partial charge in [-0.3, -0.25) is 9.69 Å². The average Bonchev–Trinajstić information content (AvgIpc) is 2.78. The first-order valence-electron chi connectivity index (χ1n) is 12.6. The Balaban J connectivity index is 1.79. The molecule has 38 heavy (non-hydrogen) atoms. The summed E-state index contributed by atoms with van der Waals surface area (Å²) in [7, 11) is 0. The van der Waals surface area contributed by atoms with Crippen LogP contribution < -0.4 is 5.32 Å². The van der Waals surface area contributed by atoms with Crippen molar-refractivity contribution in [1.29, 1.82) is 0 Å². The van der Waals surface area contributed by atoms with Gasteiger partial charge in [-0.15, -0.1) is 0 Å². The van der Waals surface area contributed by atoms with Gasteiger partial charge in [-0.2, -0.15) is 0 Å². The maximum atomic E-state index is 14.3. The molecule has 1 aliphatic heterocycles. The highest BCUT2D eigenvalue weighted by Crippen LogP contribution is 2.29. The Bertz CT molecular complexity index is 1110. The number of rotatable bonds is 10. The van der Waals surface area contributed by atoms with E-state index in [9.17, 15) is 22.8 Å². The number of hydrogen-bond acceptors (Lipinski definition) is 5. The Hall–Kier alpha value is -2.78. The van der Waals surface area contributed by atoms with Crippen molar-refractivity contribution >= 4 is 23.7 Å². The summed E-state index contributed by atoms with van der Waals surface area (Å²) in [6.45, 7) is 6.28. The molecular formula is C28H34ClF3N2O4. The lowest BCUT2D eigenvalue weighted by atomic mass is 9.92. The minimum atomic E-state index is -2.77. The molecule has 6 nitrogen and oxygen atoms in total. The van der Waals surface area contributed by atoms with Gasteiger partial charge in [-0.25, -0.2) is 18.0 Å². The van der Waals surface area contributed by atoms with Crippen LogP contribution in [0.2, 0.25) is 5.02 Å². The minimum Gasteiger partial charge on any atom is -0.466 e. The van der Waals surface area contributed by atoms with E-state index in [0.717, 1.165) is 5.56 Å². The third kappa shape index (κ3) is 8.91. The van der Waals surface area contributed by atoms with Crippen LogP contribution in [0.5, 0.6) is 0 Å². The Kier molecular flexibility index (Phi) is 9.70. The molecule has 208 valence electrons. The molecule has 1 heterocycles. The number of ether oxygens (including phenoxy) is 2. The van der Waals surface area contributed by atoms with Crippen LogP contribution in [0.4, 0.5) is 18.0 Å². The second kappa shape index (κ2) is 12.4. The molecule has 0 unspecified atom stereocenters. The van der Waals surface area contributed by atoms with E-state index in [1.165, 1.54) is 17.0 Å². The van der Waals surface area contributed by atoms with E-state index in [2.05, 4.69) is 5.32 Å². The molecule has 1 saturated heterocycles. The van der Waals surface area contributed by atoms with E-state index < -0.39 is 54.5 Å². The first kappa shape index (κ1) is 29.8. The number of carbonyl (C=O) groups excluding carboxylic acids is 2. The highest BCUT2D eigenvalue weighted by molar-refractivity contribution is 6.30. The summed E-state index contributed by atoms with van der Waals surface area (Å²) in [4.78, 5) is 26.8. The van der Waals surface area contributed by atoms with Gasteiger partial charge in [0.2, 0.25) is 0 Å². The molecular weight excluding hydrogens is 521 g/mol. The Morgan fingerprint density at radius 3 is 2.37 bits per heavy atom. The average molecular weight is 555 g/mol. The lowest BCUT2D eigenvalue weighted by Crippen LogP contribution is -2.58. The van der Waals surface area contributed by atoms with Gasteiger partial charge in [-0.1, -0.05) is 35.9 Å². The van der Waals surface area contributed by atoms with Crippen molar-refractivity contribution in [2.75, 3.05) is 26.2 Å². The molecule has 1 N–H and O–H groups in total. The standard InChI is InChI=1S/C28H34ClF3N2O4/c1-5-37-25(35)20(15-34-16-28(31,32)17-34)13-22(33-26(36)38-27(2,3)4)12-18-6-8-19(9-7-18)23-14-21(29)10-11-24(23)30/h6-11,14,20,22H,5,12-13,15-17H2,1-4H3,(H,33,36)/t20-,22+/m0/s1. The van der Waals surface area contributed by atoms with E-state index in [1.54, 1.807) is 58.0 Å². The molecule has 0 aliphatic carbocycles. The van der Waals surface area contributed by atoms with Gasteiger partial charge in [0.15, 0.2) is 0 Å². The highest BCUT2D eigenvalue weighted by Gasteiger charge is 2.45. The first-order chi connectivity index (χ1) is 17.7. The molecule has 0 radical (unpaired) electrons. The summed E-state index contributed by atoms with van der Waals surface area (Å²) in [5, 5.41) is 3.24. The molecule has 2 aromatic carbocycles. The number of amides is 1. The van der Waals surface area contributed by atoms with Gasteiger partial charge in [0, 0.05) is 23.2 Å². The molecule has 10 heteroatoms. The van der Waals surface area contributed by atoms with Crippen LogP contribution in [0.25, 0.3) is 11.1 Å². The van der Waals surface area contributed by atoms with Gasteiger partial charge in [-0.05, 0) is 69.9 Å². The Morgan fingerprint density at radius 2 is 1.79 bits per heavy atom. The van der Waals surface area contributed by atoms with Gasteiger partial charge < -0.3 is 14.8 Å². The molecule has 0 bridgehead atoms. The number of alkyl carbamates (subject to hydrolysis) is 1. The molecule has 1 fully saturated rings. The molecule has 0 saturated carbocycles. The maximum Gasteiger partial charge on any atom is 0.407 e. The zero-order valence-electron chi connectivity index (χ0n) is 22.0. The number of likely N-dealkylation sites (tertiary alicyclic amines) is 1. The number of carbonyl (C=O) groups is 2. The van der Waals surface area contributed by atoms with Crippen LogP contribution in [-0.4, -0.2) is 60.8 Å². The van der Waals surface area contributed by atoms with Gasteiger partial charge in [0.1, 0.15) is 11.4 Å². The largest absolute Gasteiger partial charge is 0.466 e. The summed E-state index contributed by atoms with van der Waals surface area (Å²) in [6.07, 6.45) is -0.174. The number of hydrogen-bond donors (Lipinski definition) is 1. The fourth-order valence-corrected chi connectivity index (χ4v) is 4.56. The van der Waals surface area contributed by atoms with Crippen LogP contribution in [0, 0.1) is 11.7 Å². The van der Waals surface area contributed by atoms with Crippen LogP contribution >= 0.6 is 11.6 Å². The summed E-state index contributed by atoms with van der Waals surface area (Å²) in [5.74, 6) is -4.41. The summed E-state index contributed by atoms with van der Waals surface area (Å²) < 4.78 is 51.7. The number of alkyl halides is 2. The first-order valence-corrected chi connectivity index (χ1v) is 12.9. The molecule has 0 spiro atoms. The van der Waals surface area contributed by atoms with Crippen molar-refractivity contribution in [3.8, 4) is 11.1 Å². The predicted molar refractivity (Wildman–Crippen MR) is 140 cm³/mol. The lowest BCUT2D eigenvalue weighted by molar-refractivity contribution is -0.158. The molecule has 1 aliphatic rings. The van der Waals surface area contributed by atoms with Crippen LogP contribution in [0.15, 0.2) is 42.5 Å². The number of benzene rings is 2. The third-order valence-electron chi connectivity index (χ3n) is 5.97. The maximum absolute atomic E-state index is 14.3. The number of esters is 1. The molecule has 0 aromatic heterocycles. The van der Waals surface area contributed by atoms with E-state index in [1.807, 2.05) is 0 Å². The molecule has 1 amide bonds. The van der Waals surface area contributed by atoms with Crippen molar-refractivity contribution < 1.29 is 32.2 Å². The second-order valence-electron chi connectivity index (χ2n) is 10.6. The van der Waals surface area contributed by atoms with Gasteiger partial charge >= 0.3 is 12.1 Å². The quantitative estimate of drug-likeness (QED) is 0.359. The van der Waals surface area contributed by atoms with Gasteiger partial charge in [0.25, 0.3) is 5.92 Å². The number of nitrogens with zero attached hydrogens (tertiary/aromatic N) is 1. The summed E-state index contributed by atoms with van der Waals surface area (Å²) in [6, 6.07) is 10.9. The summed E-state index contributed by atoms with van der Waals surface area (Å²) >= 11 is 6.02. The van der Waals surface area contributed by atoms with E-state index in [0.29, 0.717) is 22.6 Å². The van der Waals surface area contributed by atoms with Crippen molar-refractivity contribution in [3.05, 3.63) is 58.9 Å². The van der Waals surface area contributed by atoms with E-state index in [4.69, 9.17) is 21.1 Å². The Morgan fingerprint density at radius 1 is 1.13 bits per heavy atom. The van der Waals surface area contributed by atoms with Crippen LogP contribution in [0.3, 0.4) is 0 Å². The fourth-order valence-electron chi connectivity index (χ4n) is 4.39. The van der Waals surface area contributed by atoms with Crippen molar-refractivity contribution in [2.24, 2.45) is 5.92 Å². The monoisotopic (exact) mass is 554 g/mol. The fraction of sp³-hybridized carbons (Fsp3) is 0.500. The molecule has 2 aromatic rings. The lowest BCUT2D eigenvalue weighted by Gasteiger charge is -2.40. The smallest absolute Gasteiger partial charge is 0.407 e. The number of nitrogens with one attached hydrogen (secondary N) is 1. The Labute approximate surface area is 226 Å². The van der Waals surface area contributed by atoms with Gasteiger partial charge in [0.05, 0.1) is 25.6 Å². The number of halogens is 4. The normalized spacial score (nSPS) is 16.7. The van der Waals surface area contributed by atoms with Crippen molar-refractivity contribution in [1.82, 2.24) is 10.2 Å². The van der Waals surface area contributed by atoms with Crippen LogP contribution in [0.1, 0.15) is 39.7 Å². The van der Waals surface area contributed by atoms with Crippen LogP contribution in [-0.2, 0) is 20.7 Å². The predicted octanol–water partition coefficient (Wildman–Crippen LogP) is 6.10. The second-order valence-corrected chi connectivity index (χ2v) is 11.0. The minimum absolute atomic E-state index is 0.0912. The van der Waals surface area contributed by atoms with E-state index in [-0.39, 0.29) is 19.6 Å². The summed E-state index contributed by atoms with van der Waals surface area (Å²) in [5.41, 5.74) is 1.08. The third-order valence-corrected chi connectivity index (χ3v) is 6.21. The van der Waals surface area contributed by atoms with Crippen molar-refractivity contribution in [2.45, 2.75) is 58.1 Å². The van der Waals surface area contributed by atoms with Crippen molar-refractivity contribution in [3.63, 3.8) is 0 Å². The SMILES string of the molecule is CCOC(=O)[C@@H](C[C@@H](Cc1ccc(-c2cc(Cl)ccc2F)cc1)NC(=O)OC(C)(C)C)CN1CC(F)(F)C1. The topological polar surface area (TPSA) is 67.9 Å². The molecule has 2 atom stereocenters. The molecule has 3 rings (SSSR count). The zero-order chi connectivity index (χ0) is 28.1. The highest BCUT2D eigenvalue weighted by atomic mass is 35.5.